The second-order valence-electron chi connectivity index (χ2n) is 4.07. The van der Waals surface area contributed by atoms with Gasteiger partial charge >= 0.3 is 0 Å². The number of nitrogens with one attached hydrogen (secondary N) is 1. The predicted octanol–water partition coefficient (Wildman–Crippen LogP) is 1.33. The zero-order valence-electron chi connectivity index (χ0n) is 8.90. The normalized spacial score (nSPS) is 15.2. The van der Waals surface area contributed by atoms with Gasteiger partial charge in [-0.05, 0) is 31.0 Å². The van der Waals surface area contributed by atoms with Crippen LogP contribution in [0, 0.1) is 5.92 Å². The Hall–Kier alpha value is -1.84. The minimum atomic E-state index is -0.371. The SMILES string of the molecule is Nc1cccc(C(=O)NC(=O)C2CCC2)c1. The van der Waals surface area contributed by atoms with E-state index in [0.717, 1.165) is 19.3 Å². The second kappa shape index (κ2) is 4.35. The van der Waals surface area contributed by atoms with Gasteiger partial charge in [-0.15, -0.1) is 0 Å². The number of rotatable bonds is 2. The number of hydrogen-bond donors (Lipinski definition) is 2. The third kappa shape index (κ3) is 2.21. The molecule has 16 heavy (non-hydrogen) atoms. The molecule has 4 heteroatoms. The molecule has 1 aliphatic carbocycles. The number of carbonyl (C=O) groups excluding carboxylic acids is 2. The van der Waals surface area contributed by atoms with E-state index in [1.54, 1.807) is 24.3 Å². The summed E-state index contributed by atoms with van der Waals surface area (Å²) < 4.78 is 0. The molecule has 4 nitrogen and oxygen atoms in total. The first-order chi connectivity index (χ1) is 7.66. The van der Waals surface area contributed by atoms with Crippen molar-refractivity contribution >= 4 is 17.5 Å². The lowest BCUT2D eigenvalue weighted by Crippen LogP contribution is -2.38. The van der Waals surface area contributed by atoms with Crippen LogP contribution in [0.15, 0.2) is 24.3 Å². The maximum absolute atomic E-state index is 11.7. The van der Waals surface area contributed by atoms with Crippen LogP contribution in [-0.4, -0.2) is 11.8 Å². The van der Waals surface area contributed by atoms with Gasteiger partial charge in [0.05, 0.1) is 0 Å². The van der Waals surface area contributed by atoms with Gasteiger partial charge in [-0.3, -0.25) is 14.9 Å². The Morgan fingerprint density at radius 1 is 1.31 bits per heavy atom. The summed E-state index contributed by atoms with van der Waals surface area (Å²) >= 11 is 0. The van der Waals surface area contributed by atoms with Crippen molar-refractivity contribution < 1.29 is 9.59 Å². The Morgan fingerprint density at radius 2 is 2.06 bits per heavy atom. The van der Waals surface area contributed by atoms with Crippen LogP contribution in [0.3, 0.4) is 0 Å². The maximum atomic E-state index is 11.7. The van der Waals surface area contributed by atoms with E-state index in [4.69, 9.17) is 5.73 Å². The first-order valence-corrected chi connectivity index (χ1v) is 5.37. The summed E-state index contributed by atoms with van der Waals surface area (Å²) in [5.74, 6) is -0.520. The molecule has 0 bridgehead atoms. The molecule has 1 saturated carbocycles. The summed E-state index contributed by atoms with van der Waals surface area (Å²) in [6, 6.07) is 6.59. The molecule has 84 valence electrons. The van der Waals surface area contributed by atoms with Crippen LogP contribution < -0.4 is 11.1 Å². The van der Waals surface area contributed by atoms with Crippen molar-refractivity contribution in [3.63, 3.8) is 0 Å². The molecule has 2 rings (SSSR count). The highest BCUT2D eigenvalue weighted by Crippen LogP contribution is 2.26. The molecule has 0 radical (unpaired) electrons. The average molecular weight is 218 g/mol. The number of carbonyl (C=O) groups is 2. The van der Waals surface area contributed by atoms with E-state index >= 15 is 0 Å². The first kappa shape index (κ1) is 10.7. The Balaban J connectivity index is 1.99. The molecule has 0 aromatic heterocycles. The molecule has 1 fully saturated rings. The van der Waals surface area contributed by atoms with Crippen molar-refractivity contribution in [3.8, 4) is 0 Å². The van der Waals surface area contributed by atoms with Crippen molar-refractivity contribution in [1.29, 1.82) is 0 Å². The van der Waals surface area contributed by atoms with Gasteiger partial charge in [-0.1, -0.05) is 12.5 Å². The van der Waals surface area contributed by atoms with Crippen molar-refractivity contribution in [2.75, 3.05) is 5.73 Å². The summed E-state index contributed by atoms with van der Waals surface area (Å²) in [5.41, 5.74) is 6.50. The largest absolute Gasteiger partial charge is 0.399 e. The molecule has 1 aromatic rings. The highest BCUT2D eigenvalue weighted by Gasteiger charge is 2.26. The molecule has 0 atom stereocenters. The van der Waals surface area contributed by atoms with E-state index in [0.29, 0.717) is 11.3 Å². The Morgan fingerprint density at radius 3 is 2.62 bits per heavy atom. The van der Waals surface area contributed by atoms with Gasteiger partial charge in [0.2, 0.25) is 5.91 Å². The molecular formula is C12H14N2O2. The number of imide groups is 1. The van der Waals surface area contributed by atoms with Gasteiger partial charge in [0.15, 0.2) is 0 Å². The fraction of sp³-hybridized carbons (Fsp3) is 0.333. The van der Waals surface area contributed by atoms with Crippen LogP contribution in [0.2, 0.25) is 0 Å². The minimum absolute atomic E-state index is 0.0185. The topological polar surface area (TPSA) is 72.2 Å². The summed E-state index contributed by atoms with van der Waals surface area (Å²) in [6.45, 7) is 0. The molecule has 0 saturated heterocycles. The average Bonchev–Trinajstić information content (AvgIpc) is 2.14. The van der Waals surface area contributed by atoms with Crippen LogP contribution in [0.4, 0.5) is 5.69 Å². The number of benzene rings is 1. The van der Waals surface area contributed by atoms with Crippen molar-refractivity contribution in [2.24, 2.45) is 5.92 Å². The number of nitrogen functional groups attached to an aromatic ring is 1. The van der Waals surface area contributed by atoms with Gasteiger partial charge in [-0.2, -0.15) is 0 Å². The highest BCUT2D eigenvalue weighted by molar-refractivity contribution is 6.05. The fourth-order valence-corrected chi connectivity index (χ4v) is 1.64. The summed E-state index contributed by atoms with van der Waals surface area (Å²) in [7, 11) is 0. The van der Waals surface area contributed by atoms with Gasteiger partial charge in [-0.25, -0.2) is 0 Å². The highest BCUT2D eigenvalue weighted by atomic mass is 16.2. The maximum Gasteiger partial charge on any atom is 0.257 e. The van der Waals surface area contributed by atoms with Crippen molar-refractivity contribution in [3.05, 3.63) is 29.8 Å². The van der Waals surface area contributed by atoms with E-state index in [-0.39, 0.29) is 17.7 Å². The third-order valence-corrected chi connectivity index (χ3v) is 2.86. The molecule has 3 N–H and O–H groups in total. The first-order valence-electron chi connectivity index (χ1n) is 5.37. The van der Waals surface area contributed by atoms with E-state index < -0.39 is 0 Å². The van der Waals surface area contributed by atoms with Crippen molar-refractivity contribution in [2.45, 2.75) is 19.3 Å². The number of nitrogens with two attached hydrogens (primary N) is 1. The third-order valence-electron chi connectivity index (χ3n) is 2.86. The van der Waals surface area contributed by atoms with E-state index in [1.165, 1.54) is 0 Å². The van der Waals surface area contributed by atoms with Crippen LogP contribution in [0.25, 0.3) is 0 Å². The van der Waals surface area contributed by atoms with Crippen LogP contribution in [0.5, 0.6) is 0 Å². The molecule has 0 heterocycles. The van der Waals surface area contributed by atoms with Crippen LogP contribution >= 0.6 is 0 Å². The van der Waals surface area contributed by atoms with Crippen LogP contribution in [0.1, 0.15) is 29.6 Å². The summed E-state index contributed by atoms with van der Waals surface area (Å²) in [4.78, 5) is 23.2. The Bertz CT molecular complexity index is 425. The zero-order valence-corrected chi connectivity index (χ0v) is 8.90. The quantitative estimate of drug-likeness (QED) is 0.581. The Labute approximate surface area is 93.8 Å². The summed E-state index contributed by atoms with van der Waals surface area (Å²) in [6.07, 6.45) is 2.84. The molecule has 1 aliphatic rings. The monoisotopic (exact) mass is 218 g/mol. The smallest absolute Gasteiger partial charge is 0.257 e. The molecular weight excluding hydrogens is 204 g/mol. The van der Waals surface area contributed by atoms with E-state index in [2.05, 4.69) is 5.32 Å². The van der Waals surface area contributed by atoms with Gasteiger partial charge in [0.25, 0.3) is 5.91 Å². The molecule has 1 aromatic carbocycles. The van der Waals surface area contributed by atoms with Gasteiger partial charge < -0.3 is 5.73 Å². The van der Waals surface area contributed by atoms with E-state index in [1.807, 2.05) is 0 Å². The Kier molecular flexibility index (Phi) is 2.90. The van der Waals surface area contributed by atoms with Crippen LogP contribution in [-0.2, 0) is 4.79 Å². The fourth-order valence-electron chi connectivity index (χ4n) is 1.64. The molecule has 0 spiro atoms. The molecule has 2 amide bonds. The summed E-state index contributed by atoms with van der Waals surface area (Å²) in [5, 5.41) is 2.39. The lowest BCUT2D eigenvalue weighted by molar-refractivity contribution is -0.126. The van der Waals surface area contributed by atoms with Gasteiger partial charge in [0.1, 0.15) is 0 Å². The number of anilines is 1. The zero-order chi connectivity index (χ0) is 11.5. The van der Waals surface area contributed by atoms with E-state index in [9.17, 15) is 9.59 Å². The lowest BCUT2D eigenvalue weighted by Gasteiger charge is -2.23. The number of amides is 2. The minimum Gasteiger partial charge on any atom is -0.399 e. The van der Waals surface area contributed by atoms with Crippen molar-refractivity contribution in [1.82, 2.24) is 5.32 Å². The molecule has 0 unspecified atom stereocenters. The van der Waals surface area contributed by atoms with Gasteiger partial charge in [0, 0.05) is 17.2 Å². The lowest BCUT2D eigenvalue weighted by atomic mass is 9.85. The second-order valence-corrected chi connectivity index (χ2v) is 4.07. The predicted molar refractivity (Wildman–Crippen MR) is 60.7 cm³/mol. The molecule has 0 aliphatic heterocycles. The number of hydrogen-bond acceptors (Lipinski definition) is 3. The standard InChI is InChI=1S/C12H14N2O2/c13-10-6-2-5-9(7-10)12(16)14-11(15)8-3-1-4-8/h2,5-8H,1,3-4,13H2,(H,14,15,16).